The number of carboxylic acids is 1. The molecule has 0 atom stereocenters. The van der Waals surface area contributed by atoms with Gasteiger partial charge in [-0.3, -0.25) is 0 Å². The summed E-state index contributed by atoms with van der Waals surface area (Å²) in [5, 5.41) is 11.9. The largest absolute Gasteiger partial charge is 0.477 e. The fourth-order valence-corrected chi connectivity index (χ4v) is 3.02. The molecule has 84 valence electrons. The molecule has 0 aliphatic rings. The van der Waals surface area contributed by atoms with Gasteiger partial charge in [0, 0.05) is 4.88 Å². The molecule has 0 saturated heterocycles. The van der Waals surface area contributed by atoms with Gasteiger partial charge in [0.2, 0.25) is 0 Å². The number of aryl methyl sites for hydroxylation is 3. The van der Waals surface area contributed by atoms with E-state index >= 15 is 0 Å². The lowest BCUT2D eigenvalue weighted by Crippen LogP contribution is -2.00. The summed E-state index contributed by atoms with van der Waals surface area (Å²) in [4.78, 5) is 16.9. The SMILES string of the molecule is Cc1nc(CCc2cccs2)c(C(=O)O)s1. The van der Waals surface area contributed by atoms with Crippen molar-refractivity contribution in [1.29, 1.82) is 0 Å². The molecule has 0 aliphatic heterocycles. The molecule has 0 saturated carbocycles. The zero-order valence-corrected chi connectivity index (χ0v) is 10.4. The van der Waals surface area contributed by atoms with Gasteiger partial charge in [0.1, 0.15) is 4.88 Å². The van der Waals surface area contributed by atoms with E-state index < -0.39 is 5.97 Å². The first-order valence-corrected chi connectivity index (χ1v) is 6.58. The second-order valence-electron chi connectivity index (χ2n) is 3.39. The zero-order chi connectivity index (χ0) is 11.5. The van der Waals surface area contributed by atoms with Crippen molar-refractivity contribution in [2.45, 2.75) is 19.8 Å². The summed E-state index contributed by atoms with van der Waals surface area (Å²) in [5.41, 5.74) is 0.711. The summed E-state index contributed by atoms with van der Waals surface area (Å²) >= 11 is 2.94. The number of hydrogen-bond acceptors (Lipinski definition) is 4. The van der Waals surface area contributed by atoms with Gasteiger partial charge in [-0.05, 0) is 31.2 Å². The molecule has 0 unspecified atom stereocenters. The molecule has 5 heteroatoms. The summed E-state index contributed by atoms with van der Waals surface area (Å²) in [6.07, 6.45) is 1.56. The summed E-state index contributed by atoms with van der Waals surface area (Å²) in [6, 6.07) is 4.06. The van der Waals surface area contributed by atoms with Crippen LogP contribution >= 0.6 is 22.7 Å². The van der Waals surface area contributed by atoms with Crippen LogP contribution in [-0.2, 0) is 12.8 Å². The van der Waals surface area contributed by atoms with Gasteiger partial charge in [-0.2, -0.15) is 0 Å². The molecule has 0 bridgehead atoms. The van der Waals surface area contributed by atoms with Crippen LogP contribution in [0.25, 0.3) is 0 Å². The van der Waals surface area contributed by atoms with E-state index in [0.29, 0.717) is 17.0 Å². The summed E-state index contributed by atoms with van der Waals surface area (Å²) in [5.74, 6) is -0.869. The van der Waals surface area contributed by atoms with E-state index in [2.05, 4.69) is 11.1 Å². The van der Waals surface area contributed by atoms with E-state index in [1.165, 1.54) is 16.2 Å². The molecule has 3 nitrogen and oxygen atoms in total. The van der Waals surface area contributed by atoms with Gasteiger partial charge in [0.25, 0.3) is 0 Å². The number of thiophene rings is 1. The number of nitrogens with zero attached hydrogens (tertiary/aromatic N) is 1. The van der Waals surface area contributed by atoms with Crippen molar-refractivity contribution in [3.8, 4) is 0 Å². The van der Waals surface area contributed by atoms with Gasteiger partial charge in [-0.1, -0.05) is 6.07 Å². The van der Waals surface area contributed by atoms with Crippen LogP contribution < -0.4 is 0 Å². The molecule has 2 aromatic rings. The van der Waals surface area contributed by atoms with Gasteiger partial charge < -0.3 is 5.11 Å². The average molecular weight is 253 g/mol. The van der Waals surface area contributed by atoms with Crippen molar-refractivity contribution >= 4 is 28.6 Å². The van der Waals surface area contributed by atoms with Crippen molar-refractivity contribution in [2.75, 3.05) is 0 Å². The smallest absolute Gasteiger partial charge is 0.347 e. The van der Waals surface area contributed by atoms with Crippen molar-refractivity contribution in [2.24, 2.45) is 0 Å². The number of thiazole rings is 1. The predicted octanol–water partition coefficient (Wildman–Crippen LogP) is 3.00. The van der Waals surface area contributed by atoms with E-state index in [4.69, 9.17) is 5.11 Å². The Morgan fingerprint density at radius 3 is 2.94 bits per heavy atom. The molecular weight excluding hydrogens is 242 g/mol. The fraction of sp³-hybridized carbons (Fsp3) is 0.273. The molecule has 0 aliphatic carbocycles. The van der Waals surface area contributed by atoms with Crippen molar-refractivity contribution < 1.29 is 9.90 Å². The molecule has 0 fully saturated rings. The third kappa shape index (κ3) is 2.48. The molecule has 2 heterocycles. The second-order valence-corrected chi connectivity index (χ2v) is 5.63. The zero-order valence-electron chi connectivity index (χ0n) is 8.77. The first kappa shape index (κ1) is 11.3. The molecule has 0 spiro atoms. The van der Waals surface area contributed by atoms with E-state index in [-0.39, 0.29) is 0 Å². The Morgan fingerprint density at radius 1 is 1.50 bits per heavy atom. The highest BCUT2D eigenvalue weighted by Gasteiger charge is 2.15. The number of aromatic carboxylic acids is 1. The highest BCUT2D eigenvalue weighted by molar-refractivity contribution is 7.13. The van der Waals surface area contributed by atoms with E-state index in [1.54, 1.807) is 11.3 Å². The Morgan fingerprint density at radius 2 is 2.31 bits per heavy atom. The van der Waals surface area contributed by atoms with Crippen LogP contribution in [0.4, 0.5) is 0 Å². The quantitative estimate of drug-likeness (QED) is 0.911. The first-order valence-electron chi connectivity index (χ1n) is 4.89. The molecule has 0 aromatic carbocycles. The maximum atomic E-state index is 11.0. The summed E-state index contributed by atoms with van der Waals surface area (Å²) in [6.45, 7) is 1.84. The Kier molecular flexibility index (Phi) is 3.36. The molecule has 2 aromatic heterocycles. The van der Waals surface area contributed by atoms with Crippen LogP contribution in [0.15, 0.2) is 17.5 Å². The van der Waals surface area contributed by atoms with Crippen LogP contribution in [0.2, 0.25) is 0 Å². The van der Waals surface area contributed by atoms with Crippen LogP contribution in [0.1, 0.15) is 25.3 Å². The Labute approximate surface area is 101 Å². The number of aromatic nitrogens is 1. The third-order valence-electron chi connectivity index (χ3n) is 2.19. The minimum atomic E-state index is -0.869. The van der Waals surface area contributed by atoms with Crippen molar-refractivity contribution in [3.05, 3.63) is 38.0 Å². The Hall–Kier alpha value is -1.20. The number of rotatable bonds is 4. The Balaban J connectivity index is 2.12. The molecule has 16 heavy (non-hydrogen) atoms. The average Bonchev–Trinajstić information content (AvgIpc) is 2.83. The standard InChI is InChI=1S/C11H11NO2S2/c1-7-12-9(10(16-7)11(13)14)5-4-8-3-2-6-15-8/h2-3,6H,4-5H2,1H3,(H,13,14). The lowest BCUT2D eigenvalue weighted by Gasteiger charge is -1.96. The van der Waals surface area contributed by atoms with Crippen molar-refractivity contribution in [3.63, 3.8) is 0 Å². The minimum Gasteiger partial charge on any atom is -0.477 e. The van der Waals surface area contributed by atoms with Crippen LogP contribution in [0, 0.1) is 6.92 Å². The summed E-state index contributed by atoms with van der Waals surface area (Å²) in [7, 11) is 0. The van der Waals surface area contributed by atoms with Gasteiger partial charge >= 0.3 is 5.97 Å². The first-order chi connectivity index (χ1) is 7.66. The maximum Gasteiger partial charge on any atom is 0.347 e. The molecule has 1 N–H and O–H groups in total. The maximum absolute atomic E-state index is 11.0. The number of carboxylic acid groups (broad SMARTS) is 1. The number of hydrogen-bond donors (Lipinski definition) is 1. The lowest BCUT2D eigenvalue weighted by molar-refractivity contribution is 0.0700. The Bertz CT molecular complexity index is 488. The molecule has 2 rings (SSSR count). The normalized spacial score (nSPS) is 10.6. The molecule has 0 amide bonds. The van der Waals surface area contributed by atoms with Gasteiger partial charge in [0.05, 0.1) is 10.7 Å². The fourth-order valence-electron chi connectivity index (χ4n) is 1.50. The monoisotopic (exact) mass is 253 g/mol. The van der Waals surface area contributed by atoms with Crippen LogP contribution in [-0.4, -0.2) is 16.1 Å². The van der Waals surface area contributed by atoms with Gasteiger partial charge in [0.15, 0.2) is 0 Å². The number of carbonyl (C=O) groups is 1. The van der Waals surface area contributed by atoms with Crippen molar-refractivity contribution in [1.82, 2.24) is 4.98 Å². The summed E-state index contributed by atoms with van der Waals surface area (Å²) < 4.78 is 0. The minimum absolute atomic E-state index is 0.383. The van der Waals surface area contributed by atoms with Gasteiger partial charge in [-0.15, -0.1) is 22.7 Å². The second kappa shape index (κ2) is 4.76. The van der Waals surface area contributed by atoms with Crippen LogP contribution in [0.5, 0.6) is 0 Å². The molecule has 0 radical (unpaired) electrons. The van der Waals surface area contributed by atoms with Gasteiger partial charge in [-0.25, -0.2) is 9.78 Å². The highest BCUT2D eigenvalue weighted by Crippen LogP contribution is 2.20. The third-order valence-corrected chi connectivity index (χ3v) is 4.12. The topological polar surface area (TPSA) is 50.2 Å². The molecular formula is C11H11NO2S2. The predicted molar refractivity (Wildman–Crippen MR) is 65.5 cm³/mol. The van der Waals surface area contributed by atoms with E-state index in [1.807, 2.05) is 18.4 Å². The van der Waals surface area contributed by atoms with E-state index in [0.717, 1.165) is 11.4 Å². The van der Waals surface area contributed by atoms with Crippen LogP contribution in [0.3, 0.4) is 0 Å². The lowest BCUT2D eigenvalue weighted by atomic mass is 10.2. The van der Waals surface area contributed by atoms with E-state index in [9.17, 15) is 4.79 Å². The highest BCUT2D eigenvalue weighted by atomic mass is 32.1.